The van der Waals surface area contributed by atoms with E-state index in [1.54, 1.807) is 11.3 Å². The van der Waals surface area contributed by atoms with Crippen LogP contribution in [0, 0.1) is 6.92 Å². The van der Waals surface area contributed by atoms with Gasteiger partial charge in [-0.1, -0.05) is 0 Å². The fourth-order valence-corrected chi connectivity index (χ4v) is 2.06. The molecule has 0 spiro atoms. The highest BCUT2D eigenvalue weighted by Crippen LogP contribution is 2.24. The molecule has 0 unspecified atom stereocenters. The number of thiophene rings is 1. The molecular weight excluding hydrogens is 158 g/mol. The Morgan fingerprint density at radius 2 is 2.36 bits per heavy atom. The van der Waals surface area contributed by atoms with Crippen LogP contribution in [0.3, 0.4) is 0 Å². The topological polar surface area (TPSA) is 32.9 Å². The van der Waals surface area contributed by atoms with Crippen LogP contribution in [0.1, 0.15) is 15.4 Å². The number of carbonyl (C=O) groups is 1. The second-order valence-electron chi connectivity index (χ2n) is 2.48. The Balaban J connectivity index is 2.72. The number of rotatable bonds is 1. The van der Waals surface area contributed by atoms with Gasteiger partial charge < -0.3 is 4.98 Å². The van der Waals surface area contributed by atoms with E-state index < -0.39 is 0 Å². The summed E-state index contributed by atoms with van der Waals surface area (Å²) < 4.78 is 1.16. The third-order valence-corrected chi connectivity index (χ3v) is 2.57. The molecule has 0 saturated heterocycles. The first-order chi connectivity index (χ1) is 5.29. The minimum Gasteiger partial charge on any atom is -0.352 e. The molecule has 0 saturated carbocycles. The predicted molar refractivity (Wildman–Crippen MR) is 46.3 cm³/mol. The number of aldehydes is 1. The fourth-order valence-electron chi connectivity index (χ4n) is 1.13. The van der Waals surface area contributed by atoms with Crippen molar-refractivity contribution in [3.05, 3.63) is 22.7 Å². The molecule has 0 aliphatic rings. The van der Waals surface area contributed by atoms with Crippen LogP contribution in [-0.4, -0.2) is 11.3 Å². The Labute approximate surface area is 67.9 Å². The van der Waals surface area contributed by atoms with Gasteiger partial charge in [0.15, 0.2) is 6.29 Å². The van der Waals surface area contributed by atoms with Gasteiger partial charge in [-0.2, -0.15) is 0 Å². The molecule has 2 rings (SSSR count). The number of aromatic amines is 1. The zero-order valence-corrected chi connectivity index (χ0v) is 6.87. The van der Waals surface area contributed by atoms with E-state index in [1.807, 2.05) is 12.1 Å². The van der Waals surface area contributed by atoms with Crippen molar-refractivity contribution in [1.82, 2.24) is 4.98 Å². The van der Waals surface area contributed by atoms with Gasteiger partial charge in [-0.3, -0.25) is 4.79 Å². The molecule has 0 aliphatic carbocycles. The second kappa shape index (κ2) is 2.20. The number of aryl methyl sites for hydroxylation is 1. The molecule has 0 atom stereocenters. The van der Waals surface area contributed by atoms with E-state index >= 15 is 0 Å². The highest BCUT2D eigenvalue weighted by Gasteiger charge is 2.01. The van der Waals surface area contributed by atoms with Crippen molar-refractivity contribution < 1.29 is 4.79 Å². The average molecular weight is 165 g/mol. The number of carbonyl (C=O) groups excluding carboxylic acids is 1. The average Bonchev–Trinajstić information content (AvgIpc) is 2.43. The molecular formula is C8H7NOS. The van der Waals surface area contributed by atoms with Gasteiger partial charge in [0.25, 0.3) is 0 Å². The van der Waals surface area contributed by atoms with Gasteiger partial charge >= 0.3 is 0 Å². The van der Waals surface area contributed by atoms with Gasteiger partial charge in [0, 0.05) is 4.88 Å². The zero-order chi connectivity index (χ0) is 7.84. The number of aromatic nitrogens is 1. The first-order valence-electron chi connectivity index (χ1n) is 3.34. The summed E-state index contributed by atoms with van der Waals surface area (Å²) in [7, 11) is 0. The molecule has 3 heteroatoms. The molecule has 11 heavy (non-hydrogen) atoms. The lowest BCUT2D eigenvalue weighted by molar-refractivity contribution is 0.112. The number of hydrogen-bond donors (Lipinski definition) is 1. The Morgan fingerprint density at radius 1 is 1.55 bits per heavy atom. The Morgan fingerprint density at radius 3 is 3.00 bits per heavy atom. The minimum atomic E-state index is 0.659. The van der Waals surface area contributed by atoms with Crippen molar-refractivity contribution in [2.24, 2.45) is 0 Å². The van der Waals surface area contributed by atoms with Gasteiger partial charge in [-0.15, -0.1) is 11.3 Å². The maximum absolute atomic E-state index is 10.3. The van der Waals surface area contributed by atoms with Gasteiger partial charge in [-0.05, 0) is 19.1 Å². The van der Waals surface area contributed by atoms with E-state index in [0.29, 0.717) is 5.69 Å². The summed E-state index contributed by atoms with van der Waals surface area (Å²) in [6.07, 6.45) is 0.835. The highest BCUT2D eigenvalue weighted by atomic mass is 32.1. The van der Waals surface area contributed by atoms with Crippen molar-refractivity contribution in [2.45, 2.75) is 6.92 Å². The van der Waals surface area contributed by atoms with Crippen molar-refractivity contribution in [1.29, 1.82) is 0 Å². The van der Waals surface area contributed by atoms with E-state index in [2.05, 4.69) is 11.9 Å². The molecule has 0 radical (unpaired) electrons. The summed E-state index contributed by atoms with van der Waals surface area (Å²) in [5.74, 6) is 0. The molecule has 2 heterocycles. The van der Waals surface area contributed by atoms with Gasteiger partial charge in [0.1, 0.15) is 0 Å². The molecule has 0 fully saturated rings. The van der Waals surface area contributed by atoms with Crippen molar-refractivity contribution in [3.8, 4) is 0 Å². The van der Waals surface area contributed by atoms with Crippen molar-refractivity contribution in [2.75, 3.05) is 0 Å². The minimum absolute atomic E-state index is 0.659. The molecule has 2 aromatic rings. The molecule has 1 N–H and O–H groups in total. The first-order valence-corrected chi connectivity index (χ1v) is 4.15. The normalized spacial score (nSPS) is 10.6. The Kier molecular flexibility index (Phi) is 1.32. The standard InChI is InChI=1S/C8H7NOS/c1-5-2-7-8(11-5)3-6(4-10)9-7/h2-4,9H,1H3. The summed E-state index contributed by atoms with van der Waals surface area (Å²) in [5, 5.41) is 0. The van der Waals surface area contributed by atoms with Gasteiger partial charge in [-0.25, -0.2) is 0 Å². The maximum Gasteiger partial charge on any atom is 0.166 e. The van der Waals surface area contributed by atoms with Crippen LogP contribution in [0.5, 0.6) is 0 Å². The fraction of sp³-hybridized carbons (Fsp3) is 0.125. The molecule has 0 bridgehead atoms. The van der Waals surface area contributed by atoms with E-state index in [1.165, 1.54) is 4.88 Å². The van der Waals surface area contributed by atoms with Crippen LogP contribution in [-0.2, 0) is 0 Å². The van der Waals surface area contributed by atoms with Gasteiger partial charge in [0.2, 0.25) is 0 Å². The second-order valence-corrected chi connectivity index (χ2v) is 3.77. The highest BCUT2D eigenvalue weighted by molar-refractivity contribution is 7.19. The molecule has 2 aromatic heterocycles. The molecule has 0 aromatic carbocycles. The van der Waals surface area contributed by atoms with Crippen molar-refractivity contribution in [3.63, 3.8) is 0 Å². The predicted octanol–water partition coefficient (Wildman–Crippen LogP) is 2.35. The molecule has 56 valence electrons. The SMILES string of the molecule is Cc1cc2[nH]c(C=O)cc2s1. The van der Waals surface area contributed by atoms with Crippen LogP contribution in [0.25, 0.3) is 10.2 Å². The summed E-state index contributed by atoms with van der Waals surface area (Å²) in [5.41, 5.74) is 1.72. The summed E-state index contributed by atoms with van der Waals surface area (Å²) >= 11 is 1.70. The zero-order valence-electron chi connectivity index (χ0n) is 6.05. The third kappa shape index (κ3) is 0.973. The summed E-state index contributed by atoms with van der Waals surface area (Å²) in [6, 6.07) is 3.92. The lowest BCUT2D eigenvalue weighted by Gasteiger charge is -1.77. The Bertz CT molecular complexity index is 368. The van der Waals surface area contributed by atoms with Crippen LogP contribution in [0.15, 0.2) is 12.1 Å². The summed E-state index contributed by atoms with van der Waals surface area (Å²) in [4.78, 5) is 14.6. The van der Waals surface area contributed by atoms with Crippen LogP contribution in [0.2, 0.25) is 0 Å². The van der Waals surface area contributed by atoms with E-state index in [0.717, 1.165) is 16.5 Å². The third-order valence-electron chi connectivity index (χ3n) is 1.58. The maximum atomic E-state index is 10.3. The lowest BCUT2D eigenvalue weighted by atomic mass is 10.4. The van der Waals surface area contributed by atoms with Crippen LogP contribution < -0.4 is 0 Å². The largest absolute Gasteiger partial charge is 0.352 e. The Hall–Kier alpha value is -1.09. The lowest BCUT2D eigenvalue weighted by Crippen LogP contribution is -1.74. The first kappa shape index (κ1) is 6.61. The smallest absolute Gasteiger partial charge is 0.166 e. The summed E-state index contributed by atoms with van der Waals surface area (Å²) in [6.45, 7) is 2.05. The quantitative estimate of drug-likeness (QED) is 0.646. The van der Waals surface area contributed by atoms with Gasteiger partial charge in [0.05, 0.1) is 15.9 Å². The van der Waals surface area contributed by atoms with E-state index in [4.69, 9.17) is 0 Å². The van der Waals surface area contributed by atoms with Crippen LogP contribution in [0.4, 0.5) is 0 Å². The van der Waals surface area contributed by atoms with Crippen LogP contribution >= 0.6 is 11.3 Å². The van der Waals surface area contributed by atoms with E-state index in [9.17, 15) is 4.79 Å². The molecule has 0 aliphatic heterocycles. The van der Waals surface area contributed by atoms with Crippen molar-refractivity contribution >= 4 is 27.8 Å². The molecule has 0 amide bonds. The number of fused-ring (bicyclic) bond motifs is 1. The number of H-pyrrole nitrogens is 1. The number of hydrogen-bond acceptors (Lipinski definition) is 2. The monoisotopic (exact) mass is 165 g/mol. The number of nitrogens with one attached hydrogen (secondary N) is 1. The molecule has 2 nitrogen and oxygen atoms in total. The van der Waals surface area contributed by atoms with E-state index in [-0.39, 0.29) is 0 Å².